The van der Waals surface area contributed by atoms with Crippen molar-refractivity contribution in [1.29, 1.82) is 0 Å². The second-order valence-electron chi connectivity index (χ2n) is 3.20. The lowest BCUT2D eigenvalue weighted by atomic mass is 10.4. The van der Waals surface area contributed by atoms with E-state index in [1.807, 2.05) is 0 Å². The standard InChI is InChI=1S/C9H13N2/c1-8(2)10-7-5-9-4-3-6-11(9)10/h3-5,7-8H,6H2,1-2H3/q+1. The third-order valence-corrected chi connectivity index (χ3v) is 2.07. The summed E-state index contributed by atoms with van der Waals surface area (Å²) in [5, 5.41) is 0. The zero-order valence-corrected chi connectivity index (χ0v) is 6.99. The lowest BCUT2D eigenvalue weighted by Crippen LogP contribution is -2.44. The second kappa shape index (κ2) is 2.22. The minimum atomic E-state index is 0.559. The molecule has 2 rings (SSSR count). The molecule has 11 heavy (non-hydrogen) atoms. The zero-order valence-electron chi connectivity index (χ0n) is 6.99. The fourth-order valence-electron chi connectivity index (χ4n) is 1.52. The molecule has 1 aliphatic rings. The molecule has 1 aliphatic heterocycles. The Morgan fingerprint density at radius 1 is 1.55 bits per heavy atom. The first-order valence-electron chi connectivity index (χ1n) is 4.06. The van der Waals surface area contributed by atoms with Gasteiger partial charge in [-0.25, -0.2) is 0 Å². The highest BCUT2D eigenvalue weighted by Crippen LogP contribution is 2.09. The maximum Gasteiger partial charge on any atom is 0.196 e. The molecular weight excluding hydrogens is 136 g/mol. The van der Waals surface area contributed by atoms with Gasteiger partial charge in [-0.3, -0.25) is 0 Å². The van der Waals surface area contributed by atoms with E-state index in [0.717, 1.165) is 6.54 Å². The van der Waals surface area contributed by atoms with Gasteiger partial charge in [0, 0.05) is 6.07 Å². The molecule has 58 valence electrons. The number of allylic oxidation sites excluding steroid dienone is 1. The van der Waals surface area contributed by atoms with E-state index in [0.29, 0.717) is 6.04 Å². The van der Waals surface area contributed by atoms with Gasteiger partial charge in [-0.2, -0.15) is 0 Å². The van der Waals surface area contributed by atoms with E-state index in [-0.39, 0.29) is 0 Å². The molecule has 0 N–H and O–H groups in total. The summed E-state index contributed by atoms with van der Waals surface area (Å²) in [7, 11) is 0. The Kier molecular flexibility index (Phi) is 1.34. The average Bonchev–Trinajstić information content (AvgIpc) is 2.41. The highest BCUT2D eigenvalue weighted by molar-refractivity contribution is 5.46. The Bertz CT molecular complexity index is 295. The van der Waals surface area contributed by atoms with E-state index < -0.39 is 0 Å². The number of fused-ring (bicyclic) bond motifs is 1. The summed E-state index contributed by atoms with van der Waals surface area (Å²) in [4.78, 5) is 0. The molecule has 0 aliphatic carbocycles. The third-order valence-electron chi connectivity index (χ3n) is 2.07. The van der Waals surface area contributed by atoms with Crippen LogP contribution in [0.15, 0.2) is 18.3 Å². The minimum absolute atomic E-state index is 0.559. The van der Waals surface area contributed by atoms with Gasteiger partial charge in [0.1, 0.15) is 5.69 Å². The summed E-state index contributed by atoms with van der Waals surface area (Å²) < 4.78 is 4.54. The number of aromatic nitrogens is 2. The van der Waals surface area contributed by atoms with E-state index in [9.17, 15) is 0 Å². The van der Waals surface area contributed by atoms with Crippen LogP contribution in [0, 0.1) is 0 Å². The minimum Gasteiger partial charge on any atom is -0.150 e. The predicted molar refractivity (Wildman–Crippen MR) is 44.0 cm³/mol. The van der Waals surface area contributed by atoms with Crippen molar-refractivity contribution in [2.75, 3.05) is 0 Å². The number of hydrogen-bond acceptors (Lipinski definition) is 0. The van der Waals surface area contributed by atoms with Gasteiger partial charge in [0.15, 0.2) is 12.2 Å². The van der Waals surface area contributed by atoms with Crippen LogP contribution in [0.5, 0.6) is 0 Å². The van der Waals surface area contributed by atoms with Crippen molar-refractivity contribution in [3.8, 4) is 0 Å². The summed E-state index contributed by atoms with van der Waals surface area (Å²) in [6.07, 6.45) is 6.50. The molecule has 1 aromatic heterocycles. The highest BCUT2D eigenvalue weighted by Gasteiger charge is 2.17. The average molecular weight is 149 g/mol. The quantitative estimate of drug-likeness (QED) is 0.533. The monoisotopic (exact) mass is 149 g/mol. The van der Waals surface area contributed by atoms with Crippen LogP contribution in [0.2, 0.25) is 0 Å². The molecule has 0 saturated carbocycles. The predicted octanol–water partition coefficient (Wildman–Crippen LogP) is 1.38. The topological polar surface area (TPSA) is 8.81 Å². The van der Waals surface area contributed by atoms with Crippen LogP contribution in [-0.4, -0.2) is 4.68 Å². The van der Waals surface area contributed by atoms with Crippen LogP contribution in [-0.2, 0) is 6.54 Å². The lowest BCUT2D eigenvalue weighted by Gasteiger charge is -2.01. The van der Waals surface area contributed by atoms with Crippen molar-refractivity contribution < 1.29 is 4.68 Å². The molecule has 0 fully saturated rings. The largest absolute Gasteiger partial charge is 0.196 e. The molecule has 0 aromatic carbocycles. The molecule has 0 radical (unpaired) electrons. The van der Waals surface area contributed by atoms with Crippen molar-refractivity contribution >= 4 is 6.08 Å². The van der Waals surface area contributed by atoms with Gasteiger partial charge in [0.2, 0.25) is 0 Å². The molecule has 0 unspecified atom stereocenters. The molecule has 2 heteroatoms. The first-order chi connectivity index (χ1) is 5.29. The molecule has 0 amide bonds. The van der Waals surface area contributed by atoms with Crippen LogP contribution in [0.4, 0.5) is 0 Å². The van der Waals surface area contributed by atoms with Gasteiger partial charge in [0.05, 0.1) is 6.54 Å². The Hall–Kier alpha value is -1.05. The molecule has 0 spiro atoms. The van der Waals surface area contributed by atoms with Gasteiger partial charge in [0.25, 0.3) is 0 Å². The highest BCUT2D eigenvalue weighted by atomic mass is 15.4. The summed E-state index contributed by atoms with van der Waals surface area (Å²) in [5.41, 5.74) is 1.32. The third kappa shape index (κ3) is 0.897. The van der Waals surface area contributed by atoms with Crippen molar-refractivity contribution in [1.82, 2.24) is 4.68 Å². The molecule has 0 atom stereocenters. The maximum absolute atomic E-state index is 2.28. The zero-order chi connectivity index (χ0) is 7.84. The van der Waals surface area contributed by atoms with Crippen molar-refractivity contribution in [3.05, 3.63) is 24.0 Å². The molecule has 2 heterocycles. The SMILES string of the molecule is CC(C)[n+]1ccc2n1CC=C2. The van der Waals surface area contributed by atoms with Crippen molar-refractivity contribution in [3.63, 3.8) is 0 Å². The maximum atomic E-state index is 2.28. The summed E-state index contributed by atoms with van der Waals surface area (Å²) in [6.45, 7) is 5.43. The number of nitrogens with zero attached hydrogens (tertiary/aromatic N) is 2. The van der Waals surface area contributed by atoms with Crippen LogP contribution >= 0.6 is 0 Å². The fourth-order valence-corrected chi connectivity index (χ4v) is 1.52. The van der Waals surface area contributed by atoms with Gasteiger partial charge < -0.3 is 0 Å². The van der Waals surface area contributed by atoms with E-state index in [1.165, 1.54) is 5.69 Å². The van der Waals surface area contributed by atoms with Crippen LogP contribution in [0.1, 0.15) is 25.6 Å². The summed E-state index contributed by atoms with van der Waals surface area (Å²) in [6, 6.07) is 2.72. The Morgan fingerprint density at radius 3 is 3.09 bits per heavy atom. The van der Waals surface area contributed by atoms with Gasteiger partial charge in [-0.15, -0.1) is 9.36 Å². The summed E-state index contributed by atoms with van der Waals surface area (Å²) in [5.74, 6) is 0. The molecular formula is C9H13N2+. The van der Waals surface area contributed by atoms with Crippen LogP contribution in [0.3, 0.4) is 0 Å². The van der Waals surface area contributed by atoms with E-state index in [2.05, 4.69) is 47.6 Å². The van der Waals surface area contributed by atoms with Gasteiger partial charge in [-0.05, 0) is 19.9 Å². The summed E-state index contributed by atoms with van der Waals surface area (Å²) >= 11 is 0. The smallest absolute Gasteiger partial charge is 0.150 e. The fraction of sp³-hybridized carbons (Fsp3) is 0.444. The molecule has 2 nitrogen and oxygen atoms in total. The Balaban J connectivity index is 2.47. The van der Waals surface area contributed by atoms with Crippen LogP contribution in [0.25, 0.3) is 6.08 Å². The lowest BCUT2D eigenvalue weighted by molar-refractivity contribution is -0.791. The Morgan fingerprint density at radius 2 is 2.36 bits per heavy atom. The van der Waals surface area contributed by atoms with E-state index in [1.54, 1.807) is 0 Å². The van der Waals surface area contributed by atoms with Crippen molar-refractivity contribution in [2.24, 2.45) is 0 Å². The van der Waals surface area contributed by atoms with Gasteiger partial charge in [-0.1, -0.05) is 6.08 Å². The normalized spacial score (nSPS) is 14.5. The molecule has 0 bridgehead atoms. The van der Waals surface area contributed by atoms with Gasteiger partial charge >= 0.3 is 0 Å². The Labute approximate surface area is 66.7 Å². The number of rotatable bonds is 1. The first kappa shape index (κ1) is 6.65. The van der Waals surface area contributed by atoms with E-state index in [4.69, 9.17) is 0 Å². The molecule has 0 saturated heterocycles. The van der Waals surface area contributed by atoms with Crippen molar-refractivity contribution in [2.45, 2.75) is 26.4 Å². The van der Waals surface area contributed by atoms with Crippen LogP contribution < -0.4 is 4.68 Å². The first-order valence-corrected chi connectivity index (χ1v) is 4.06. The number of hydrogen-bond donors (Lipinski definition) is 0. The van der Waals surface area contributed by atoms with E-state index >= 15 is 0 Å². The second-order valence-corrected chi connectivity index (χ2v) is 3.20. The molecule has 1 aromatic rings.